The predicted octanol–water partition coefficient (Wildman–Crippen LogP) is 1.78. The monoisotopic (exact) mass is 265 g/mol. The zero-order chi connectivity index (χ0) is 14.1. The van der Waals surface area contributed by atoms with Crippen molar-refractivity contribution in [3.8, 4) is 5.75 Å². The Morgan fingerprint density at radius 2 is 1.95 bits per heavy atom. The number of carbonyl (C=O) groups is 2. The Bertz CT molecular complexity index is 405. The highest BCUT2D eigenvalue weighted by atomic mass is 16.5. The van der Waals surface area contributed by atoms with Crippen molar-refractivity contribution in [3.63, 3.8) is 0 Å². The molecule has 0 unspecified atom stereocenters. The fourth-order valence-corrected chi connectivity index (χ4v) is 1.63. The minimum absolute atomic E-state index is 0.151. The van der Waals surface area contributed by atoms with Gasteiger partial charge in [-0.05, 0) is 25.5 Å². The number of rotatable bonds is 8. The van der Waals surface area contributed by atoms with E-state index in [2.05, 4.69) is 0 Å². The summed E-state index contributed by atoms with van der Waals surface area (Å²) in [6.07, 6.45) is 0.873. The number of carboxylic acids is 1. The summed E-state index contributed by atoms with van der Waals surface area (Å²) in [4.78, 5) is 23.6. The van der Waals surface area contributed by atoms with Gasteiger partial charge in [0.1, 0.15) is 12.3 Å². The van der Waals surface area contributed by atoms with E-state index in [1.54, 1.807) is 6.92 Å². The van der Waals surface area contributed by atoms with Gasteiger partial charge in [0, 0.05) is 13.0 Å². The number of aliphatic carboxylic acids is 1. The molecule has 0 spiro atoms. The Morgan fingerprint density at radius 3 is 2.53 bits per heavy atom. The van der Waals surface area contributed by atoms with E-state index in [1.165, 1.54) is 4.90 Å². The molecule has 1 N–H and O–H groups in total. The highest BCUT2D eigenvalue weighted by Gasteiger charge is 2.14. The third kappa shape index (κ3) is 5.90. The van der Waals surface area contributed by atoms with Gasteiger partial charge >= 0.3 is 5.97 Å². The van der Waals surface area contributed by atoms with Crippen molar-refractivity contribution in [2.45, 2.75) is 19.8 Å². The first kappa shape index (κ1) is 15.0. The van der Waals surface area contributed by atoms with Gasteiger partial charge in [0.15, 0.2) is 0 Å². The lowest BCUT2D eigenvalue weighted by molar-refractivity contribution is -0.144. The Morgan fingerprint density at radius 1 is 1.26 bits per heavy atom. The maximum atomic E-state index is 11.7. The first-order valence-electron chi connectivity index (χ1n) is 6.31. The van der Waals surface area contributed by atoms with Crippen LogP contribution in [-0.2, 0) is 9.59 Å². The number of hydrogen-bond acceptors (Lipinski definition) is 3. The molecule has 0 aliphatic heterocycles. The van der Waals surface area contributed by atoms with E-state index in [1.807, 2.05) is 30.3 Å². The second-order valence-electron chi connectivity index (χ2n) is 4.07. The normalized spacial score (nSPS) is 9.95. The van der Waals surface area contributed by atoms with Gasteiger partial charge in [-0.15, -0.1) is 0 Å². The third-order valence-corrected chi connectivity index (χ3v) is 2.61. The van der Waals surface area contributed by atoms with Crippen molar-refractivity contribution in [1.29, 1.82) is 0 Å². The van der Waals surface area contributed by atoms with E-state index in [0.717, 1.165) is 5.75 Å². The standard InChI is InChI=1S/C14H19NO4/c1-2-15(11-14(17)18)13(16)9-6-10-19-12-7-4-3-5-8-12/h3-5,7-8H,2,6,9-11H2,1H3,(H,17,18). The van der Waals surface area contributed by atoms with Crippen LogP contribution in [0.3, 0.4) is 0 Å². The Balaban J connectivity index is 2.24. The van der Waals surface area contributed by atoms with E-state index in [9.17, 15) is 9.59 Å². The summed E-state index contributed by atoms with van der Waals surface area (Å²) in [6.45, 7) is 2.38. The van der Waals surface area contributed by atoms with Crippen LogP contribution in [0.1, 0.15) is 19.8 Å². The molecule has 104 valence electrons. The summed E-state index contributed by atoms with van der Waals surface area (Å²) < 4.78 is 5.46. The molecule has 5 nitrogen and oxygen atoms in total. The number of carbonyl (C=O) groups excluding carboxylic acids is 1. The van der Waals surface area contributed by atoms with Gasteiger partial charge in [-0.1, -0.05) is 18.2 Å². The number of carboxylic acid groups (broad SMARTS) is 1. The molecule has 1 rings (SSSR count). The smallest absolute Gasteiger partial charge is 0.323 e. The second kappa shape index (κ2) is 8.13. The first-order valence-corrected chi connectivity index (χ1v) is 6.31. The van der Waals surface area contributed by atoms with Crippen molar-refractivity contribution in [3.05, 3.63) is 30.3 Å². The molecule has 0 saturated carbocycles. The van der Waals surface area contributed by atoms with Gasteiger partial charge < -0.3 is 14.7 Å². The zero-order valence-corrected chi connectivity index (χ0v) is 11.0. The number of benzene rings is 1. The molecular weight excluding hydrogens is 246 g/mol. The number of para-hydroxylation sites is 1. The minimum Gasteiger partial charge on any atom is -0.494 e. The van der Waals surface area contributed by atoms with Crippen LogP contribution in [0.15, 0.2) is 30.3 Å². The zero-order valence-electron chi connectivity index (χ0n) is 11.0. The number of hydrogen-bond donors (Lipinski definition) is 1. The summed E-state index contributed by atoms with van der Waals surface area (Å²) >= 11 is 0. The van der Waals surface area contributed by atoms with E-state index < -0.39 is 5.97 Å². The van der Waals surface area contributed by atoms with Gasteiger partial charge in [-0.3, -0.25) is 9.59 Å². The molecule has 0 fully saturated rings. The van der Waals surface area contributed by atoms with Crippen molar-refractivity contribution in [2.24, 2.45) is 0 Å². The fraction of sp³-hybridized carbons (Fsp3) is 0.429. The second-order valence-corrected chi connectivity index (χ2v) is 4.07. The van der Waals surface area contributed by atoms with E-state index in [4.69, 9.17) is 9.84 Å². The molecule has 1 amide bonds. The summed E-state index contributed by atoms with van der Waals surface area (Å²) in [7, 11) is 0. The molecule has 5 heteroatoms. The summed E-state index contributed by atoms with van der Waals surface area (Å²) in [5.74, 6) is -0.370. The van der Waals surface area contributed by atoms with Crippen LogP contribution >= 0.6 is 0 Å². The molecule has 1 aromatic rings. The Kier molecular flexibility index (Phi) is 6.43. The van der Waals surface area contributed by atoms with Crippen LogP contribution in [0.5, 0.6) is 5.75 Å². The maximum Gasteiger partial charge on any atom is 0.323 e. The number of amides is 1. The molecule has 0 aliphatic rings. The third-order valence-electron chi connectivity index (χ3n) is 2.61. The lowest BCUT2D eigenvalue weighted by Crippen LogP contribution is -2.35. The molecule has 1 aromatic carbocycles. The van der Waals surface area contributed by atoms with Gasteiger partial charge in [0.2, 0.25) is 5.91 Å². The first-order chi connectivity index (χ1) is 9.13. The molecule has 0 atom stereocenters. The Labute approximate surface area is 112 Å². The molecule has 0 heterocycles. The molecule has 0 aliphatic carbocycles. The van der Waals surface area contributed by atoms with E-state index in [0.29, 0.717) is 26.0 Å². The van der Waals surface area contributed by atoms with Crippen LogP contribution in [0.2, 0.25) is 0 Å². The number of ether oxygens (including phenoxy) is 1. The van der Waals surface area contributed by atoms with Crippen LogP contribution in [-0.4, -0.2) is 41.6 Å². The lowest BCUT2D eigenvalue weighted by Gasteiger charge is -2.18. The predicted molar refractivity (Wildman–Crippen MR) is 71.1 cm³/mol. The average Bonchev–Trinajstić information content (AvgIpc) is 2.41. The van der Waals surface area contributed by atoms with Crippen LogP contribution in [0, 0.1) is 0 Å². The number of nitrogens with zero attached hydrogens (tertiary/aromatic N) is 1. The Hall–Kier alpha value is -2.04. The molecular formula is C14H19NO4. The van der Waals surface area contributed by atoms with Gasteiger partial charge in [-0.2, -0.15) is 0 Å². The topological polar surface area (TPSA) is 66.8 Å². The summed E-state index contributed by atoms with van der Waals surface area (Å²) in [6, 6.07) is 9.37. The van der Waals surface area contributed by atoms with Gasteiger partial charge in [0.25, 0.3) is 0 Å². The average molecular weight is 265 g/mol. The fourth-order valence-electron chi connectivity index (χ4n) is 1.63. The van der Waals surface area contributed by atoms with E-state index in [-0.39, 0.29) is 12.5 Å². The van der Waals surface area contributed by atoms with Gasteiger partial charge in [0.05, 0.1) is 6.61 Å². The van der Waals surface area contributed by atoms with Crippen molar-refractivity contribution < 1.29 is 19.4 Å². The summed E-state index contributed by atoms with van der Waals surface area (Å²) in [5.41, 5.74) is 0. The molecule has 0 bridgehead atoms. The summed E-state index contributed by atoms with van der Waals surface area (Å²) in [5, 5.41) is 8.67. The van der Waals surface area contributed by atoms with Crippen molar-refractivity contribution in [2.75, 3.05) is 19.7 Å². The SMILES string of the molecule is CCN(CC(=O)O)C(=O)CCCOc1ccccc1. The number of likely N-dealkylation sites (N-methyl/N-ethyl adjacent to an activating group) is 1. The van der Waals surface area contributed by atoms with Crippen LogP contribution in [0.4, 0.5) is 0 Å². The quantitative estimate of drug-likeness (QED) is 0.727. The van der Waals surface area contributed by atoms with Crippen molar-refractivity contribution in [1.82, 2.24) is 4.90 Å². The molecule has 0 radical (unpaired) electrons. The van der Waals surface area contributed by atoms with Crippen LogP contribution < -0.4 is 4.74 Å². The maximum absolute atomic E-state index is 11.7. The lowest BCUT2D eigenvalue weighted by atomic mass is 10.3. The largest absolute Gasteiger partial charge is 0.494 e. The minimum atomic E-state index is -0.990. The molecule has 0 saturated heterocycles. The van der Waals surface area contributed by atoms with Gasteiger partial charge in [-0.25, -0.2) is 0 Å². The highest BCUT2D eigenvalue weighted by molar-refractivity contribution is 5.81. The van der Waals surface area contributed by atoms with Crippen LogP contribution in [0.25, 0.3) is 0 Å². The highest BCUT2D eigenvalue weighted by Crippen LogP contribution is 2.09. The van der Waals surface area contributed by atoms with Crippen molar-refractivity contribution >= 4 is 11.9 Å². The molecule has 0 aromatic heterocycles. The van der Waals surface area contributed by atoms with E-state index >= 15 is 0 Å². The molecule has 19 heavy (non-hydrogen) atoms.